The summed E-state index contributed by atoms with van der Waals surface area (Å²) in [6.45, 7) is 5.59. The number of thioether (sulfide) groups is 1. The second-order valence-corrected chi connectivity index (χ2v) is 6.43. The zero-order valence-electron chi connectivity index (χ0n) is 10.5. The Morgan fingerprint density at radius 1 is 1.38 bits per heavy atom. The summed E-state index contributed by atoms with van der Waals surface area (Å²) in [7, 11) is 0. The molecule has 0 aromatic rings. The summed E-state index contributed by atoms with van der Waals surface area (Å²) in [5.41, 5.74) is 0.266. The van der Waals surface area contributed by atoms with E-state index >= 15 is 0 Å². The maximum Gasteiger partial charge on any atom is 0.0701 e. The summed E-state index contributed by atoms with van der Waals surface area (Å²) in [6.07, 6.45) is 6.35. The molecule has 2 heterocycles. The van der Waals surface area contributed by atoms with Crippen molar-refractivity contribution in [2.45, 2.75) is 44.6 Å². The van der Waals surface area contributed by atoms with Gasteiger partial charge in [-0.15, -0.1) is 0 Å². The van der Waals surface area contributed by atoms with E-state index in [9.17, 15) is 0 Å². The van der Waals surface area contributed by atoms with Gasteiger partial charge in [-0.2, -0.15) is 11.8 Å². The highest BCUT2D eigenvalue weighted by Crippen LogP contribution is 2.39. The van der Waals surface area contributed by atoms with Gasteiger partial charge < -0.3 is 10.1 Å². The van der Waals surface area contributed by atoms with E-state index in [2.05, 4.69) is 24.0 Å². The zero-order chi connectivity index (χ0) is 11.3. The number of hydrogen-bond donors (Lipinski definition) is 1. The van der Waals surface area contributed by atoms with Crippen molar-refractivity contribution in [3.8, 4) is 0 Å². The molecule has 0 aliphatic carbocycles. The predicted molar refractivity (Wildman–Crippen MR) is 71.1 cm³/mol. The van der Waals surface area contributed by atoms with E-state index in [1.54, 1.807) is 0 Å². The quantitative estimate of drug-likeness (QED) is 0.767. The minimum Gasteiger partial charge on any atom is -0.375 e. The molecule has 1 N–H and O–H groups in total. The maximum absolute atomic E-state index is 6.10. The number of hydrogen-bond acceptors (Lipinski definition) is 3. The van der Waals surface area contributed by atoms with Crippen molar-refractivity contribution in [2.24, 2.45) is 5.92 Å². The van der Waals surface area contributed by atoms with Gasteiger partial charge in [0.1, 0.15) is 0 Å². The van der Waals surface area contributed by atoms with Crippen LogP contribution in [0.5, 0.6) is 0 Å². The molecule has 1 atom stereocenters. The minimum absolute atomic E-state index is 0.266. The molecule has 2 nitrogen and oxygen atoms in total. The molecule has 2 rings (SSSR count). The Hall–Kier alpha value is 0.270. The lowest BCUT2D eigenvalue weighted by Gasteiger charge is -2.43. The summed E-state index contributed by atoms with van der Waals surface area (Å²) >= 11 is 2.09. The number of nitrogens with one attached hydrogen (secondary N) is 1. The lowest BCUT2D eigenvalue weighted by atomic mass is 9.82. The second-order valence-electron chi connectivity index (χ2n) is 5.21. The van der Waals surface area contributed by atoms with Gasteiger partial charge in [-0.25, -0.2) is 0 Å². The zero-order valence-corrected chi connectivity index (χ0v) is 11.3. The molecule has 0 aromatic carbocycles. The molecule has 2 fully saturated rings. The fraction of sp³-hybridized carbons (Fsp3) is 1.00. The third-order valence-corrected chi connectivity index (χ3v) is 4.84. The lowest BCUT2D eigenvalue weighted by molar-refractivity contribution is -0.101. The van der Waals surface area contributed by atoms with Crippen LogP contribution in [0.3, 0.4) is 0 Å². The van der Waals surface area contributed by atoms with Gasteiger partial charge >= 0.3 is 0 Å². The molecule has 0 radical (unpaired) electrons. The largest absolute Gasteiger partial charge is 0.375 e. The average Bonchev–Trinajstić information content (AvgIpc) is 2.31. The van der Waals surface area contributed by atoms with Crippen LogP contribution in [0.25, 0.3) is 0 Å². The van der Waals surface area contributed by atoms with Crippen molar-refractivity contribution in [3.05, 3.63) is 0 Å². The highest BCUT2D eigenvalue weighted by atomic mass is 32.2. The summed E-state index contributed by atoms with van der Waals surface area (Å²) in [4.78, 5) is 0. The van der Waals surface area contributed by atoms with E-state index in [1.165, 1.54) is 56.7 Å². The monoisotopic (exact) mass is 243 g/mol. The van der Waals surface area contributed by atoms with Crippen molar-refractivity contribution >= 4 is 11.8 Å². The summed E-state index contributed by atoms with van der Waals surface area (Å²) in [5.74, 6) is 3.45. The molecule has 2 aliphatic rings. The minimum atomic E-state index is 0.266. The van der Waals surface area contributed by atoms with Crippen LogP contribution in [0.15, 0.2) is 0 Å². The Bertz CT molecular complexity index is 199. The topological polar surface area (TPSA) is 21.3 Å². The molecule has 0 bridgehead atoms. The first kappa shape index (κ1) is 12.7. The standard InChI is InChI=1S/C13H25NOS/c1-2-6-14-11-12-3-7-15-13(10-12)4-8-16-9-5-13/h12,14H,2-11H2,1H3. The smallest absolute Gasteiger partial charge is 0.0701 e. The summed E-state index contributed by atoms with van der Waals surface area (Å²) in [5, 5.41) is 3.57. The highest BCUT2D eigenvalue weighted by Gasteiger charge is 2.38. The van der Waals surface area contributed by atoms with Crippen molar-refractivity contribution in [1.82, 2.24) is 5.32 Å². The van der Waals surface area contributed by atoms with Crippen molar-refractivity contribution < 1.29 is 4.74 Å². The molecule has 0 saturated carbocycles. The molecule has 0 amide bonds. The van der Waals surface area contributed by atoms with Gasteiger partial charge in [0, 0.05) is 6.61 Å². The van der Waals surface area contributed by atoms with Crippen LogP contribution in [-0.4, -0.2) is 36.8 Å². The summed E-state index contributed by atoms with van der Waals surface area (Å²) < 4.78 is 6.10. The number of rotatable bonds is 4. The molecule has 1 unspecified atom stereocenters. The van der Waals surface area contributed by atoms with Crippen molar-refractivity contribution in [3.63, 3.8) is 0 Å². The van der Waals surface area contributed by atoms with Crippen LogP contribution in [0.4, 0.5) is 0 Å². The van der Waals surface area contributed by atoms with Crippen molar-refractivity contribution in [1.29, 1.82) is 0 Å². The maximum atomic E-state index is 6.10. The van der Waals surface area contributed by atoms with E-state index in [0.717, 1.165) is 12.5 Å². The van der Waals surface area contributed by atoms with Crippen LogP contribution in [0.1, 0.15) is 39.0 Å². The summed E-state index contributed by atoms with van der Waals surface area (Å²) in [6, 6.07) is 0. The molecule has 3 heteroatoms. The first-order chi connectivity index (χ1) is 7.85. The third-order valence-electron chi connectivity index (χ3n) is 3.86. The van der Waals surface area contributed by atoms with E-state index in [-0.39, 0.29) is 5.60 Å². The Morgan fingerprint density at radius 3 is 2.94 bits per heavy atom. The normalized spacial score (nSPS) is 29.4. The van der Waals surface area contributed by atoms with E-state index < -0.39 is 0 Å². The Morgan fingerprint density at radius 2 is 2.19 bits per heavy atom. The van der Waals surface area contributed by atoms with Crippen LogP contribution < -0.4 is 5.32 Å². The lowest BCUT2D eigenvalue weighted by Crippen LogP contribution is -2.44. The van der Waals surface area contributed by atoms with Crippen molar-refractivity contribution in [2.75, 3.05) is 31.2 Å². The van der Waals surface area contributed by atoms with Crippen LogP contribution in [-0.2, 0) is 4.74 Å². The fourth-order valence-electron chi connectivity index (χ4n) is 2.88. The van der Waals surface area contributed by atoms with Gasteiger partial charge in [0.2, 0.25) is 0 Å². The molecule has 0 aromatic heterocycles. The Kier molecular flexibility index (Phi) is 4.98. The molecule has 16 heavy (non-hydrogen) atoms. The Balaban J connectivity index is 1.78. The van der Waals surface area contributed by atoms with Gasteiger partial charge in [-0.05, 0) is 62.6 Å². The first-order valence-electron chi connectivity index (χ1n) is 6.77. The van der Waals surface area contributed by atoms with Gasteiger partial charge in [-0.1, -0.05) is 6.92 Å². The van der Waals surface area contributed by atoms with E-state index in [1.807, 2.05) is 0 Å². The van der Waals surface area contributed by atoms with Crippen LogP contribution in [0.2, 0.25) is 0 Å². The van der Waals surface area contributed by atoms with Crippen LogP contribution in [0, 0.1) is 5.92 Å². The number of ether oxygens (including phenoxy) is 1. The average molecular weight is 243 g/mol. The predicted octanol–water partition coefficient (Wildman–Crippen LogP) is 2.68. The second kappa shape index (κ2) is 6.27. The van der Waals surface area contributed by atoms with Gasteiger partial charge in [0.15, 0.2) is 0 Å². The molecule has 1 spiro atoms. The van der Waals surface area contributed by atoms with Gasteiger partial charge in [-0.3, -0.25) is 0 Å². The third kappa shape index (κ3) is 3.38. The van der Waals surface area contributed by atoms with E-state index in [0.29, 0.717) is 0 Å². The molecular weight excluding hydrogens is 218 g/mol. The van der Waals surface area contributed by atoms with Crippen LogP contribution >= 0.6 is 11.8 Å². The first-order valence-corrected chi connectivity index (χ1v) is 7.92. The van der Waals surface area contributed by atoms with Gasteiger partial charge in [0.25, 0.3) is 0 Å². The fourth-order valence-corrected chi connectivity index (χ4v) is 4.12. The SMILES string of the molecule is CCCNCC1CCOC2(CCSCC2)C1. The molecule has 94 valence electrons. The molecular formula is C13H25NOS. The molecule has 2 aliphatic heterocycles. The molecule has 2 saturated heterocycles. The van der Waals surface area contributed by atoms with Gasteiger partial charge in [0.05, 0.1) is 5.60 Å². The highest BCUT2D eigenvalue weighted by molar-refractivity contribution is 7.99. The Labute approximate surface area is 104 Å². The van der Waals surface area contributed by atoms with E-state index in [4.69, 9.17) is 4.74 Å².